The third-order valence-corrected chi connectivity index (χ3v) is 4.10. The maximum Gasteiger partial charge on any atom is 0.246 e. The van der Waals surface area contributed by atoms with Gasteiger partial charge in [0.1, 0.15) is 0 Å². The van der Waals surface area contributed by atoms with Crippen LogP contribution in [0.25, 0.3) is 10.8 Å². The van der Waals surface area contributed by atoms with E-state index in [4.69, 9.17) is 4.52 Å². The summed E-state index contributed by atoms with van der Waals surface area (Å²) in [5.74, 6) is 0.231. The molecule has 25 heavy (non-hydrogen) atoms. The number of fused-ring (bicyclic) bond motifs is 1. The van der Waals surface area contributed by atoms with Crippen LogP contribution in [0.4, 0.5) is 11.6 Å². The fourth-order valence-electron chi connectivity index (χ4n) is 2.59. The van der Waals surface area contributed by atoms with Crippen LogP contribution in [-0.2, 0) is 10.2 Å². The third-order valence-electron chi connectivity index (χ3n) is 4.10. The lowest BCUT2D eigenvalue weighted by Crippen LogP contribution is -2.29. The number of hydrogen-bond acceptors (Lipinski definition) is 4. The van der Waals surface area contributed by atoms with Gasteiger partial charge < -0.3 is 9.42 Å². The van der Waals surface area contributed by atoms with E-state index in [0.29, 0.717) is 5.88 Å². The number of aromatic nitrogens is 1. The Balaban J connectivity index is 1.66. The first-order valence-electron chi connectivity index (χ1n) is 8.30. The second-order valence-electron chi connectivity index (χ2n) is 7.26. The van der Waals surface area contributed by atoms with Crippen molar-refractivity contribution in [2.45, 2.75) is 26.2 Å². The smallest absolute Gasteiger partial charge is 0.246 e. The van der Waals surface area contributed by atoms with E-state index in [2.05, 4.69) is 34.7 Å². The first-order valence-corrected chi connectivity index (χ1v) is 8.30. The van der Waals surface area contributed by atoms with Crippen molar-refractivity contribution in [2.75, 3.05) is 23.8 Å². The molecule has 3 rings (SSSR count). The highest BCUT2D eigenvalue weighted by molar-refractivity contribution is 5.93. The van der Waals surface area contributed by atoms with Gasteiger partial charge in [-0.15, -0.1) is 0 Å². The second kappa shape index (κ2) is 6.59. The van der Waals surface area contributed by atoms with Gasteiger partial charge in [0.15, 0.2) is 0 Å². The van der Waals surface area contributed by atoms with E-state index in [1.807, 2.05) is 50.9 Å². The number of rotatable bonds is 4. The van der Waals surface area contributed by atoms with Crippen molar-refractivity contribution < 1.29 is 9.32 Å². The molecule has 130 valence electrons. The van der Waals surface area contributed by atoms with Crippen molar-refractivity contribution in [1.29, 1.82) is 0 Å². The molecule has 0 bridgehead atoms. The van der Waals surface area contributed by atoms with Crippen molar-refractivity contribution in [3.63, 3.8) is 0 Å². The fraction of sp³-hybridized carbons (Fsp3) is 0.300. The molecule has 0 aliphatic heterocycles. The summed E-state index contributed by atoms with van der Waals surface area (Å²) in [6.07, 6.45) is 0. The van der Waals surface area contributed by atoms with Gasteiger partial charge in [0, 0.05) is 24.2 Å². The molecule has 0 atom stereocenters. The highest BCUT2D eigenvalue weighted by Crippen LogP contribution is 2.24. The SMILES string of the molecule is CN(CC(=O)Nc1cc(C(C)(C)C)no1)c1ccc2ccccc2c1. The highest BCUT2D eigenvalue weighted by atomic mass is 16.5. The summed E-state index contributed by atoms with van der Waals surface area (Å²) in [4.78, 5) is 14.2. The molecule has 2 aromatic carbocycles. The number of carbonyl (C=O) groups excluding carboxylic acids is 1. The molecule has 0 unspecified atom stereocenters. The van der Waals surface area contributed by atoms with Crippen molar-refractivity contribution >= 4 is 28.3 Å². The second-order valence-corrected chi connectivity index (χ2v) is 7.26. The number of likely N-dealkylation sites (N-methyl/N-ethyl adjacent to an activating group) is 1. The molecule has 0 saturated heterocycles. The van der Waals surface area contributed by atoms with Gasteiger partial charge in [0.25, 0.3) is 0 Å². The Morgan fingerprint density at radius 1 is 1.12 bits per heavy atom. The number of benzene rings is 2. The predicted molar refractivity (Wildman–Crippen MR) is 101 cm³/mol. The van der Waals surface area contributed by atoms with Crippen LogP contribution in [0.1, 0.15) is 26.5 Å². The number of nitrogens with zero attached hydrogens (tertiary/aromatic N) is 2. The topological polar surface area (TPSA) is 58.4 Å². The molecule has 0 spiro atoms. The molecule has 0 fully saturated rings. The zero-order valence-electron chi connectivity index (χ0n) is 15.0. The normalized spacial score (nSPS) is 11.5. The average Bonchev–Trinajstić information content (AvgIpc) is 3.03. The van der Waals surface area contributed by atoms with Crippen molar-refractivity contribution in [3.05, 3.63) is 54.2 Å². The van der Waals surface area contributed by atoms with Gasteiger partial charge in [0.2, 0.25) is 11.8 Å². The summed E-state index contributed by atoms with van der Waals surface area (Å²) in [5, 5.41) is 9.10. The van der Waals surface area contributed by atoms with Crippen LogP contribution >= 0.6 is 0 Å². The molecule has 0 aliphatic carbocycles. The number of amides is 1. The highest BCUT2D eigenvalue weighted by Gasteiger charge is 2.20. The summed E-state index contributed by atoms with van der Waals surface area (Å²) in [6, 6.07) is 16.1. The van der Waals surface area contributed by atoms with Gasteiger partial charge >= 0.3 is 0 Å². The van der Waals surface area contributed by atoms with Gasteiger partial charge in [-0.25, -0.2) is 0 Å². The lowest BCUT2D eigenvalue weighted by Gasteiger charge is -2.18. The first kappa shape index (κ1) is 17.0. The molecule has 5 nitrogen and oxygen atoms in total. The molecule has 1 aromatic heterocycles. The molecule has 1 heterocycles. The van der Waals surface area contributed by atoms with Crippen molar-refractivity contribution in [2.24, 2.45) is 0 Å². The molecule has 0 aliphatic rings. The van der Waals surface area contributed by atoms with E-state index in [1.165, 1.54) is 5.39 Å². The van der Waals surface area contributed by atoms with Gasteiger partial charge in [0.05, 0.1) is 12.2 Å². The molecule has 1 N–H and O–H groups in total. The molecule has 5 heteroatoms. The van der Waals surface area contributed by atoms with Crippen molar-refractivity contribution in [3.8, 4) is 0 Å². The summed E-state index contributed by atoms with van der Waals surface area (Å²) in [7, 11) is 1.89. The zero-order chi connectivity index (χ0) is 18.0. The number of carbonyl (C=O) groups is 1. The molecule has 3 aromatic rings. The van der Waals surface area contributed by atoms with E-state index in [0.717, 1.165) is 16.8 Å². The third kappa shape index (κ3) is 3.99. The van der Waals surface area contributed by atoms with E-state index >= 15 is 0 Å². The minimum atomic E-state index is -0.146. The molecular formula is C20H23N3O2. The Labute approximate surface area is 147 Å². The van der Waals surface area contributed by atoms with Gasteiger partial charge in [-0.05, 0) is 22.9 Å². The fourth-order valence-corrected chi connectivity index (χ4v) is 2.59. The van der Waals surface area contributed by atoms with Crippen LogP contribution in [0, 0.1) is 0 Å². The lowest BCUT2D eigenvalue weighted by atomic mass is 9.92. The number of hydrogen-bond donors (Lipinski definition) is 1. The van der Waals surface area contributed by atoms with E-state index in [9.17, 15) is 4.79 Å². The van der Waals surface area contributed by atoms with Gasteiger partial charge in [-0.1, -0.05) is 56.3 Å². The Bertz CT molecular complexity index is 893. The number of nitrogens with one attached hydrogen (secondary N) is 1. The van der Waals surface area contributed by atoms with E-state index < -0.39 is 0 Å². The largest absolute Gasteiger partial charge is 0.365 e. The monoisotopic (exact) mass is 337 g/mol. The Hall–Kier alpha value is -2.82. The Kier molecular flexibility index (Phi) is 4.49. The summed E-state index contributed by atoms with van der Waals surface area (Å²) >= 11 is 0. The first-order chi connectivity index (χ1) is 11.8. The van der Waals surface area contributed by atoms with Crippen LogP contribution in [0.15, 0.2) is 53.1 Å². The van der Waals surface area contributed by atoms with Crippen LogP contribution in [0.5, 0.6) is 0 Å². The Morgan fingerprint density at radius 3 is 2.52 bits per heavy atom. The average molecular weight is 337 g/mol. The lowest BCUT2D eigenvalue weighted by molar-refractivity contribution is -0.115. The van der Waals surface area contributed by atoms with Crippen LogP contribution in [0.2, 0.25) is 0 Å². The van der Waals surface area contributed by atoms with Crippen LogP contribution < -0.4 is 10.2 Å². The van der Waals surface area contributed by atoms with E-state index in [1.54, 1.807) is 6.07 Å². The molecular weight excluding hydrogens is 314 g/mol. The zero-order valence-corrected chi connectivity index (χ0v) is 15.0. The van der Waals surface area contributed by atoms with E-state index in [-0.39, 0.29) is 17.9 Å². The van der Waals surface area contributed by atoms with Crippen LogP contribution in [-0.4, -0.2) is 24.7 Å². The molecule has 0 saturated carbocycles. The Morgan fingerprint density at radius 2 is 1.84 bits per heavy atom. The maximum absolute atomic E-state index is 12.3. The summed E-state index contributed by atoms with van der Waals surface area (Å²) < 4.78 is 5.21. The maximum atomic E-state index is 12.3. The summed E-state index contributed by atoms with van der Waals surface area (Å²) in [5.41, 5.74) is 1.68. The van der Waals surface area contributed by atoms with Crippen molar-refractivity contribution in [1.82, 2.24) is 5.16 Å². The standard InChI is InChI=1S/C20H23N3O2/c1-20(2,3)17-12-19(25-22-17)21-18(24)13-23(4)16-10-9-14-7-5-6-8-15(14)11-16/h5-12H,13H2,1-4H3,(H,21,24). The molecule has 1 amide bonds. The molecule has 0 radical (unpaired) electrons. The van der Waals surface area contributed by atoms with Crippen LogP contribution in [0.3, 0.4) is 0 Å². The minimum absolute atomic E-state index is 0.117. The van der Waals surface area contributed by atoms with Gasteiger partial charge in [-0.3, -0.25) is 10.1 Å². The summed E-state index contributed by atoms with van der Waals surface area (Å²) in [6.45, 7) is 6.36. The predicted octanol–water partition coefficient (Wildman–Crippen LogP) is 4.20. The van der Waals surface area contributed by atoms with Gasteiger partial charge in [-0.2, -0.15) is 0 Å². The quantitative estimate of drug-likeness (QED) is 0.775. The number of anilines is 2. The minimum Gasteiger partial charge on any atom is -0.365 e.